The molecule has 1 atom stereocenters. The van der Waals surface area contributed by atoms with Gasteiger partial charge in [-0.1, -0.05) is 0 Å². The van der Waals surface area contributed by atoms with Gasteiger partial charge in [0.2, 0.25) is 5.91 Å². The number of hydrogen-bond donors (Lipinski definition) is 2. The molecule has 0 aliphatic carbocycles. The number of aliphatic carboxylic acids is 1. The Bertz CT molecular complexity index is 756. The molecule has 0 fully saturated rings. The summed E-state index contributed by atoms with van der Waals surface area (Å²) in [6.45, 7) is 1.97. The van der Waals surface area contributed by atoms with Crippen LogP contribution in [0.25, 0.3) is 0 Å². The number of nitrogens with one attached hydrogen (secondary N) is 1. The maximum atomic E-state index is 12.3. The fourth-order valence-corrected chi connectivity index (χ4v) is 3.39. The Balaban J connectivity index is 2.20. The SMILES string of the molecule is COc1ccc(C(CC(=O)O)NC(=O)Cc2ccc(C)s2)c(OC)c1. The molecular weight excluding hydrogens is 342 g/mol. The van der Waals surface area contributed by atoms with E-state index in [9.17, 15) is 14.7 Å². The average Bonchev–Trinajstić information content (AvgIpc) is 2.97. The molecule has 6 nitrogen and oxygen atoms in total. The third kappa shape index (κ3) is 5.22. The van der Waals surface area contributed by atoms with Crippen molar-refractivity contribution < 1.29 is 24.2 Å². The standard InChI is InChI=1S/C18H21NO5S/c1-11-4-6-13(25-11)9-17(20)19-15(10-18(21)22)14-7-5-12(23-2)8-16(14)24-3/h4-8,15H,9-10H2,1-3H3,(H,19,20)(H,21,22). The van der Waals surface area contributed by atoms with Gasteiger partial charge in [0.25, 0.3) is 0 Å². The number of carboxylic acids is 1. The maximum Gasteiger partial charge on any atom is 0.305 e. The summed E-state index contributed by atoms with van der Waals surface area (Å²) in [6, 6.07) is 8.25. The van der Waals surface area contributed by atoms with Crippen molar-refractivity contribution in [1.29, 1.82) is 0 Å². The van der Waals surface area contributed by atoms with E-state index in [0.717, 1.165) is 9.75 Å². The lowest BCUT2D eigenvalue weighted by Crippen LogP contribution is -2.31. The van der Waals surface area contributed by atoms with Crippen molar-refractivity contribution in [2.75, 3.05) is 14.2 Å². The van der Waals surface area contributed by atoms with Crippen molar-refractivity contribution in [3.8, 4) is 11.5 Å². The summed E-state index contributed by atoms with van der Waals surface area (Å²) in [5, 5.41) is 12.0. The van der Waals surface area contributed by atoms with Gasteiger partial charge in [-0.25, -0.2) is 0 Å². The quantitative estimate of drug-likeness (QED) is 0.753. The first-order valence-corrected chi connectivity index (χ1v) is 8.53. The molecule has 1 amide bonds. The molecule has 0 radical (unpaired) electrons. The first-order chi connectivity index (χ1) is 11.9. The van der Waals surface area contributed by atoms with E-state index in [-0.39, 0.29) is 18.7 Å². The Hall–Kier alpha value is -2.54. The Kier molecular flexibility index (Phi) is 6.41. The monoisotopic (exact) mass is 363 g/mol. The van der Waals surface area contributed by atoms with Gasteiger partial charge in [-0.05, 0) is 31.2 Å². The summed E-state index contributed by atoms with van der Waals surface area (Å²) < 4.78 is 10.5. The van der Waals surface area contributed by atoms with Crippen molar-refractivity contribution in [3.63, 3.8) is 0 Å². The predicted molar refractivity (Wildman–Crippen MR) is 95.4 cm³/mol. The highest BCUT2D eigenvalue weighted by molar-refractivity contribution is 7.12. The Morgan fingerprint density at radius 1 is 1.20 bits per heavy atom. The third-order valence-electron chi connectivity index (χ3n) is 3.66. The summed E-state index contributed by atoms with van der Waals surface area (Å²) in [5.74, 6) is -0.172. The summed E-state index contributed by atoms with van der Waals surface area (Å²) in [6.07, 6.45) is -0.0228. The fourth-order valence-electron chi connectivity index (χ4n) is 2.50. The predicted octanol–water partition coefficient (Wildman–Crippen LogP) is 2.95. The molecule has 0 bridgehead atoms. The molecule has 25 heavy (non-hydrogen) atoms. The first kappa shape index (κ1) is 18.8. The summed E-state index contributed by atoms with van der Waals surface area (Å²) in [5.41, 5.74) is 0.599. The number of carboxylic acid groups (broad SMARTS) is 1. The van der Waals surface area contributed by atoms with Crippen molar-refractivity contribution >= 4 is 23.2 Å². The lowest BCUT2D eigenvalue weighted by molar-refractivity contribution is -0.137. The van der Waals surface area contributed by atoms with Gasteiger partial charge in [-0.15, -0.1) is 11.3 Å². The molecule has 1 heterocycles. The molecule has 1 aromatic carbocycles. The van der Waals surface area contributed by atoms with Gasteiger partial charge < -0.3 is 19.9 Å². The molecular formula is C18H21NO5S. The number of carbonyl (C=O) groups is 2. The summed E-state index contributed by atoms with van der Waals surface area (Å²) >= 11 is 1.55. The second-order valence-corrected chi connectivity index (χ2v) is 6.89. The average molecular weight is 363 g/mol. The van der Waals surface area contributed by atoms with Crippen LogP contribution in [0.2, 0.25) is 0 Å². The number of amides is 1. The van der Waals surface area contributed by atoms with Crippen molar-refractivity contribution in [2.24, 2.45) is 0 Å². The van der Waals surface area contributed by atoms with Crippen molar-refractivity contribution in [2.45, 2.75) is 25.8 Å². The molecule has 7 heteroatoms. The van der Waals surface area contributed by atoms with E-state index in [1.807, 2.05) is 19.1 Å². The van der Waals surface area contributed by atoms with Gasteiger partial charge >= 0.3 is 5.97 Å². The molecule has 2 rings (SSSR count). The minimum absolute atomic E-state index is 0.215. The van der Waals surface area contributed by atoms with Gasteiger partial charge in [-0.2, -0.15) is 0 Å². The van der Waals surface area contributed by atoms with E-state index in [1.165, 1.54) is 14.2 Å². The number of benzene rings is 1. The largest absolute Gasteiger partial charge is 0.497 e. The van der Waals surface area contributed by atoms with E-state index in [0.29, 0.717) is 17.1 Å². The lowest BCUT2D eigenvalue weighted by atomic mass is 10.0. The zero-order chi connectivity index (χ0) is 18.4. The van der Waals surface area contributed by atoms with Crippen molar-refractivity contribution in [3.05, 3.63) is 45.6 Å². The van der Waals surface area contributed by atoms with Gasteiger partial charge in [0.15, 0.2) is 0 Å². The summed E-state index contributed by atoms with van der Waals surface area (Å²) in [4.78, 5) is 25.6. The van der Waals surface area contributed by atoms with Gasteiger partial charge in [-0.3, -0.25) is 9.59 Å². The molecule has 0 aliphatic rings. The van der Waals surface area contributed by atoms with Crippen LogP contribution in [-0.4, -0.2) is 31.2 Å². The van der Waals surface area contributed by atoms with E-state index in [1.54, 1.807) is 29.5 Å². The smallest absolute Gasteiger partial charge is 0.305 e. The molecule has 2 N–H and O–H groups in total. The highest BCUT2D eigenvalue weighted by atomic mass is 32.1. The van der Waals surface area contributed by atoms with E-state index in [2.05, 4.69) is 5.32 Å². The Morgan fingerprint density at radius 3 is 2.52 bits per heavy atom. The summed E-state index contributed by atoms with van der Waals surface area (Å²) in [7, 11) is 3.03. The fraction of sp³-hybridized carbons (Fsp3) is 0.333. The first-order valence-electron chi connectivity index (χ1n) is 7.71. The molecule has 134 valence electrons. The van der Waals surface area contributed by atoms with Crippen LogP contribution in [0.15, 0.2) is 30.3 Å². The number of methoxy groups -OCH3 is 2. The van der Waals surface area contributed by atoms with E-state index in [4.69, 9.17) is 9.47 Å². The highest BCUT2D eigenvalue weighted by Gasteiger charge is 2.22. The van der Waals surface area contributed by atoms with Crippen LogP contribution in [0.5, 0.6) is 11.5 Å². The Morgan fingerprint density at radius 2 is 1.96 bits per heavy atom. The highest BCUT2D eigenvalue weighted by Crippen LogP contribution is 2.31. The zero-order valence-corrected chi connectivity index (χ0v) is 15.2. The second kappa shape index (κ2) is 8.53. The molecule has 0 saturated heterocycles. The van der Waals surface area contributed by atoms with Crippen LogP contribution in [0.4, 0.5) is 0 Å². The number of aryl methyl sites for hydroxylation is 1. The van der Waals surface area contributed by atoms with Crippen LogP contribution in [-0.2, 0) is 16.0 Å². The van der Waals surface area contributed by atoms with Crippen LogP contribution in [0.3, 0.4) is 0 Å². The van der Waals surface area contributed by atoms with Crippen LogP contribution in [0.1, 0.15) is 27.8 Å². The minimum atomic E-state index is -1.00. The van der Waals surface area contributed by atoms with Crippen LogP contribution >= 0.6 is 11.3 Å². The maximum absolute atomic E-state index is 12.3. The number of thiophene rings is 1. The molecule has 1 aromatic heterocycles. The van der Waals surface area contributed by atoms with E-state index < -0.39 is 12.0 Å². The molecule has 1 unspecified atom stereocenters. The van der Waals surface area contributed by atoms with Gasteiger partial charge in [0.1, 0.15) is 11.5 Å². The molecule has 0 aliphatic heterocycles. The second-order valence-electron chi connectivity index (χ2n) is 5.51. The third-order valence-corrected chi connectivity index (χ3v) is 4.66. The lowest BCUT2D eigenvalue weighted by Gasteiger charge is -2.20. The minimum Gasteiger partial charge on any atom is -0.497 e. The number of rotatable bonds is 8. The topological polar surface area (TPSA) is 84.9 Å². The van der Waals surface area contributed by atoms with Crippen molar-refractivity contribution in [1.82, 2.24) is 5.32 Å². The number of carbonyl (C=O) groups excluding carboxylic acids is 1. The number of hydrogen-bond acceptors (Lipinski definition) is 5. The van der Waals surface area contributed by atoms with Gasteiger partial charge in [0, 0.05) is 21.4 Å². The molecule has 2 aromatic rings. The number of ether oxygens (including phenoxy) is 2. The van der Waals surface area contributed by atoms with Crippen LogP contribution in [0, 0.1) is 6.92 Å². The molecule has 0 saturated carbocycles. The zero-order valence-electron chi connectivity index (χ0n) is 14.4. The van der Waals surface area contributed by atoms with Crippen LogP contribution < -0.4 is 14.8 Å². The molecule has 0 spiro atoms. The van der Waals surface area contributed by atoms with E-state index >= 15 is 0 Å². The van der Waals surface area contributed by atoms with Gasteiger partial charge in [0.05, 0.1) is 33.1 Å². The Labute approximate surface area is 150 Å². The normalized spacial score (nSPS) is 11.6.